The van der Waals surface area contributed by atoms with Crippen molar-refractivity contribution < 1.29 is 0 Å². The molecule has 0 amide bonds. The number of rotatable bonds is 0. The van der Waals surface area contributed by atoms with Gasteiger partial charge in [-0.25, -0.2) is 4.98 Å². The average molecular weight is 145 g/mol. The van der Waals surface area contributed by atoms with Crippen LogP contribution in [-0.2, 0) is 0 Å². The van der Waals surface area contributed by atoms with Crippen LogP contribution in [0.25, 0.3) is 11.0 Å². The van der Waals surface area contributed by atoms with Crippen LogP contribution < -0.4 is 5.56 Å². The normalized spacial score (nSPS) is 10.2. The minimum atomic E-state index is -0.288. The zero-order valence-corrected chi connectivity index (χ0v) is 5.66. The number of H-pyrrole nitrogens is 1. The molecule has 0 aliphatic carbocycles. The number of hydrogen-bond acceptors (Lipinski definition) is 2. The van der Waals surface area contributed by atoms with Crippen LogP contribution in [0.2, 0.25) is 0 Å². The van der Waals surface area contributed by atoms with Gasteiger partial charge in [0.15, 0.2) is 6.20 Å². The largest absolute Gasteiger partial charge is 0.319 e. The monoisotopic (exact) mass is 145 g/mol. The molecule has 3 heteroatoms. The predicted octanol–water partition coefficient (Wildman–Crippen LogP) is 0.723. The van der Waals surface area contributed by atoms with Crippen molar-refractivity contribution in [1.82, 2.24) is 9.97 Å². The summed E-state index contributed by atoms with van der Waals surface area (Å²) in [4.78, 5) is 17.1. The molecule has 0 saturated heterocycles. The standard InChI is InChI=1S/C8H5N2O/c11-8-5-9-6-3-1-2-4-7(6)10-8/h1-4H,(H,10,11). The third-order valence-corrected chi connectivity index (χ3v) is 1.43. The topological polar surface area (TPSA) is 45.8 Å². The van der Waals surface area contributed by atoms with Gasteiger partial charge < -0.3 is 4.98 Å². The van der Waals surface area contributed by atoms with Crippen molar-refractivity contribution in [2.45, 2.75) is 0 Å². The van der Waals surface area contributed by atoms with E-state index in [2.05, 4.69) is 16.2 Å². The molecule has 3 nitrogen and oxygen atoms in total. The number of benzene rings is 1. The zero-order valence-electron chi connectivity index (χ0n) is 5.66. The molecule has 53 valence electrons. The second-order valence-corrected chi connectivity index (χ2v) is 2.19. The Hall–Kier alpha value is -1.64. The molecule has 0 bridgehead atoms. The summed E-state index contributed by atoms with van der Waals surface area (Å²) in [5, 5.41) is 0. The molecular formula is C8H5N2O. The third-order valence-electron chi connectivity index (χ3n) is 1.43. The molecule has 0 fully saturated rings. The maximum absolute atomic E-state index is 10.7. The molecule has 0 atom stereocenters. The molecule has 11 heavy (non-hydrogen) atoms. The molecule has 2 rings (SSSR count). The first-order valence-electron chi connectivity index (χ1n) is 3.23. The van der Waals surface area contributed by atoms with Crippen LogP contribution >= 0.6 is 0 Å². The van der Waals surface area contributed by atoms with Crippen molar-refractivity contribution in [1.29, 1.82) is 0 Å². The molecule has 0 unspecified atom stereocenters. The molecule has 1 heterocycles. The molecule has 1 radical (unpaired) electrons. The Morgan fingerprint density at radius 3 is 3.09 bits per heavy atom. The fourth-order valence-corrected chi connectivity index (χ4v) is 0.938. The molecular weight excluding hydrogens is 140 g/mol. The lowest BCUT2D eigenvalue weighted by molar-refractivity contribution is 1.20. The summed E-state index contributed by atoms with van der Waals surface area (Å²) in [7, 11) is 0. The molecule has 0 aliphatic rings. The van der Waals surface area contributed by atoms with Gasteiger partial charge in [0.2, 0.25) is 0 Å². The molecule has 1 aromatic carbocycles. The van der Waals surface area contributed by atoms with Crippen molar-refractivity contribution in [3.05, 3.63) is 40.8 Å². The van der Waals surface area contributed by atoms with Crippen molar-refractivity contribution in [3.63, 3.8) is 0 Å². The fraction of sp³-hybridized carbons (Fsp3) is 0. The van der Waals surface area contributed by atoms with Gasteiger partial charge in [-0.15, -0.1) is 0 Å². The highest BCUT2D eigenvalue weighted by Crippen LogP contribution is 2.02. The smallest absolute Gasteiger partial charge is 0.276 e. The van der Waals surface area contributed by atoms with Crippen molar-refractivity contribution in [2.24, 2.45) is 0 Å². The van der Waals surface area contributed by atoms with Gasteiger partial charge in [0.1, 0.15) is 0 Å². The second kappa shape index (κ2) is 2.20. The Bertz CT molecular complexity index is 433. The lowest BCUT2D eigenvalue weighted by Gasteiger charge is -1.91. The first-order valence-corrected chi connectivity index (χ1v) is 3.23. The number of aromatic amines is 1. The van der Waals surface area contributed by atoms with E-state index in [9.17, 15) is 4.79 Å². The highest BCUT2D eigenvalue weighted by molar-refractivity contribution is 5.72. The highest BCUT2D eigenvalue weighted by atomic mass is 16.1. The van der Waals surface area contributed by atoms with Gasteiger partial charge in [-0.1, -0.05) is 12.1 Å². The van der Waals surface area contributed by atoms with Gasteiger partial charge in [-0.2, -0.15) is 0 Å². The van der Waals surface area contributed by atoms with E-state index in [0.717, 1.165) is 11.0 Å². The Balaban J connectivity index is 2.94. The van der Waals surface area contributed by atoms with Gasteiger partial charge in [0.25, 0.3) is 5.56 Å². The summed E-state index contributed by atoms with van der Waals surface area (Å²) < 4.78 is 0. The Kier molecular flexibility index (Phi) is 1.22. The first kappa shape index (κ1) is 6.09. The Morgan fingerprint density at radius 2 is 2.18 bits per heavy atom. The van der Waals surface area contributed by atoms with Gasteiger partial charge >= 0.3 is 0 Å². The minimum absolute atomic E-state index is 0.288. The summed E-state index contributed by atoms with van der Waals surface area (Å²) in [5.41, 5.74) is 1.21. The van der Waals surface area contributed by atoms with E-state index in [4.69, 9.17) is 0 Å². The van der Waals surface area contributed by atoms with Gasteiger partial charge in [-0.05, 0) is 12.1 Å². The van der Waals surface area contributed by atoms with Crippen LogP contribution in [0, 0.1) is 6.20 Å². The summed E-state index contributed by atoms with van der Waals surface area (Å²) in [6, 6.07) is 7.33. The number of para-hydroxylation sites is 2. The van der Waals surface area contributed by atoms with E-state index < -0.39 is 0 Å². The quantitative estimate of drug-likeness (QED) is 0.593. The molecule has 1 N–H and O–H groups in total. The molecule has 1 aromatic heterocycles. The van der Waals surface area contributed by atoms with E-state index in [1.165, 1.54) is 0 Å². The van der Waals surface area contributed by atoms with E-state index in [1.807, 2.05) is 18.2 Å². The van der Waals surface area contributed by atoms with Crippen LogP contribution in [0.1, 0.15) is 0 Å². The minimum Gasteiger partial charge on any atom is -0.319 e. The lowest BCUT2D eigenvalue weighted by Crippen LogP contribution is -2.05. The lowest BCUT2D eigenvalue weighted by atomic mass is 10.3. The number of aromatic nitrogens is 2. The zero-order chi connectivity index (χ0) is 7.68. The van der Waals surface area contributed by atoms with Crippen molar-refractivity contribution >= 4 is 11.0 Å². The second-order valence-electron chi connectivity index (χ2n) is 2.19. The Morgan fingerprint density at radius 1 is 1.36 bits per heavy atom. The van der Waals surface area contributed by atoms with E-state index >= 15 is 0 Å². The number of nitrogens with one attached hydrogen (secondary N) is 1. The fourth-order valence-electron chi connectivity index (χ4n) is 0.938. The summed E-state index contributed by atoms with van der Waals surface area (Å²) in [6.07, 6.45) is 2.31. The van der Waals surface area contributed by atoms with E-state index in [-0.39, 0.29) is 5.56 Å². The van der Waals surface area contributed by atoms with Gasteiger partial charge in [0.05, 0.1) is 11.0 Å². The number of nitrogens with zero attached hydrogens (tertiary/aromatic N) is 1. The first-order chi connectivity index (χ1) is 5.36. The Labute approximate surface area is 62.7 Å². The molecule has 2 aromatic rings. The molecule has 0 spiro atoms. The van der Waals surface area contributed by atoms with E-state index in [1.54, 1.807) is 6.07 Å². The van der Waals surface area contributed by atoms with E-state index in [0.29, 0.717) is 0 Å². The SMILES string of the molecule is O=c1[c]nc2ccccc2[nH]1. The molecule has 0 saturated carbocycles. The predicted molar refractivity (Wildman–Crippen MR) is 41.2 cm³/mol. The summed E-state index contributed by atoms with van der Waals surface area (Å²) in [5.74, 6) is 0. The maximum atomic E-state index is 10.7. The van der Waals surface area contributed by atoms with Crippen LogP contribution in [0.15, 0.2) is 29.1 Å². The van der Waals surface area contributed by atoms with Crippen LogP contribution in [-0.4, -0.2) is 9.97 Å². The van der Waals surface area contributed by atoms with Crippen LogP contribution in [0.4, 0.5) is 0 Å². The number of hydrogen-bond donors (Lipinski definition) is 1. The average Bonchev–Trinajstić information content (AvgIpc) is 2.04. The van der Waals surface area contributed by atoms with Crippen LogP contribution in [0.5, 0.6) is 0 Å². The van der Waals surface area contributed by atoms with Crippen LogP contribution in [0.3, 0.4) is 0 Å². The highest BCUT2D eigenvalue weighted by Gasteiger charge is 1.91. The van der Waals surface area contributed by atoms with Crippen molar-refractivity contribution in [3.8, 4) is 0 Å². The van der Waals surface area contributed by atoms with Crippen molar-refractivity contribution in [2.75, 3.05) is 0 Å². The molecule has 0 aliphatic heterocycles. The summed E-state index contributed by atoms with van der Waals surface area (Å²) in [6.45, 7) is 0. The third kappa shape index (κ3) is 1.00. The maximum Gasteiger partial charge on any atom is 0.276 e. The number of fused-ring (bicyclic) bond motifs is 1. The van der Waals surface area contributed by atoms with Gasteiger partial charge in [0, 0.05) is 0 Å². The van der Waals surface area contributed by atoms with Gasteiger partial charge in [-0.3, -0.25) is 4.79 Å². The summed E-state index contributed by atoms with van der Waals surface area (Å²) >= 11 is 0.